The van der Waals surface area contributed by atoms with Gasteiger partial charge in [-0.3, -0.25) is 19.6 Å². The maximum Gasteiger partial charge on any atom is 0.261 e. The SMILES string of the molecule is O=c1[nH]c2ccc(-c3ccccc3)cc2c(O)c1C=NCCN1CCN(CCO)CC1. The molecule has 0 amide bonds. The first-order valence-corrected chi connectivity index (χ1v) is 10.7. The van der Waals surface area contributed by atoms with Crippen LogP contribution < -0.4 is 5.56 Å². The molecular formula is C24H28N4O3. The molecule has 0 saturated carbocycles. The summed E-state index contributed by atoms with van der Waals surface area (Å²) in [5, 5.41) is 20.4. The fourth-order valence-electron chi connectivity index (χ4n) is 3.95. The van der Waals surface area contributed by atoms with Gasteiger partial charge in [-0.25, -0.2) is 0 Å². The molecule has 7 heteroatoms. The lowest BCUT2D eigenvalue weighted by Crippen LogP contribution is -2.47. The molecule has 3 N–H and O–H groups in total. The van der Waals surface area contributed by atoms with Gasteiger partial charge in [-0.15, -0.1) is 0 Å². The van der Waals surface area contributed by atoms with Crippen molar-refractivity contribution in [1.82, 2.24) is 14.8 Å². The van der Waals surface area contributed by atoms with Gasteiger partial charge in [-0.2, -0.15) is 0 Å². The zero-order chi connectivity index (χ0) is 21.6. The maximum atomic E-state index is 12.5. The Morgan fingerprint density at radius 1 is 0.968 bits per heavy atom. The number of aliphatic imine (C=N–C) groups is 1. The normalized spacial score (nSPS) is 15.8. The number of fused-ring (bicyclic) bond motifs is 1. The fourth-order valence-corrected chi connectivity index (χ4v) is 3.95. The molecule has 0 bridgehead atoms. The molecule has 0 spiro atoms. The van der Waals surface area contributed by atoms with Crippen LogP contribution in [0.3, 0.4) is 0 Å². The molecule has 1 aliphatic rings. The van der Waals surface area contributed by atoms with E-state index in [-0.39, 0.29) is 23.5 Å². The first-order chi connectivity index (χ1) is 15.2. The zero-order valence-corrected chi connectivity index (χ0v) is 17.5. The Hall–Kier alpha value is -3.00. The largest absolute Gasteiger partial charge is 0.506 e. The van der Waals surface area contributed by atoms with E-state index in [9.17, 15) is 9.90 Å². The summed E-state index contributed by atoms with van der Waals surface area (Å²) in [6.07, 6.45) is 1.48. The minimum Gasteiger partial charge on any atom is -0.506 e. The lowest BCUT2D eigenvalue weighted by Gasteiger charge is -2.33. The standard InChI is InChI=1S/C24H28N4O3/c29-15-14-28-12-10-27(11-13-28)9-8-25-17-21-23(30)20-16-19(18-4-2-1-3-5-18)6-7-22(20)26-24(21)31/h1-7,16-17,29H,8-15H2,(H2,26,30,31). The molecule has 31 heavy (non-hydrogen) atoms. The molecular weight excluding hydrogens is 392 g/mol. The van der Waals surface area contributed by atoms with Crippen molar-refractivity contribution >= 4 is 17.1 Å². The second-order valence-corrected chi connectivity index (χ2v) is 7.78. The number of rotatable bonds is 7. The molecule has 0 aliphatic carbocycles. The summed E-state index contributed by atoms with van der Waals surface area (Å²) in [5.41, 5.74) is 2.45. The third-order valence-electron chi connectivity index (χ3n) is 5.78. The molecule has 2 heterocycles. The Labute approximate surface area is 181 Å². The van der Waals surface area contributed by atoms with E-state index in [1.165, 1.54) is 6.21 Å². The van der Waals surface area contributed by atoms with Crippen LogP contribution in [0.4, 0.5) is 0 Å². The van der Waals surface area contributed by atoms with Gasteiger partial charge in [0.1, 0.15) is 5.75 Å². The van der Waals surface area contributed by atoms with E-state index in [2.05, 4.69) is 19.8 Å². The highest BCUT2D eigenvalue weighted by Gasteiger charge is 2.15. The van der Waals surface area contributed by atoms with Gasteiger partial charge < -0.3 is 15.2 Å². The van der Waals surface area contributed by atoms with Crippen molar-refractivity contribution in [3.63, 3.8) is 0 Å². The first-order valence-electron chi connectivity index (χ1n) is 10.7. The number of pyridine rings is 1. The van der Waals surface area contributed by atoms with E-state index in [0.29, 0.717) is 17.4 Å². The minimum absolute atomic E-state index is 0.0436. The Morgan fingerprint density at radius 3 is 2.39 bits per heavy atom. The molecule has 1 aromatic heterocycles. The van der Waals surface area contributed by atoms with Crippen molar-refractivity contribution in [1.29, 1.82) is 0 Å². The lowest BCUT2D eigenvalue weighted by molar-refractivity contribution is 0.115. The summed E-state index contributed by atoms with van der Waals surface area (Å²) in [5.74, 6) is -0.0436. The van der Waals surface area contributed by atoms with Gasteiger partial charge in [0.05, 0.1) is 24.2 Å². The van der Waals surface area contributed by atoms with Gasteiger partial charge in [0.25, 0.3) is 5.56 Å². The van der Waals surface area contributed by atoms with Crippen LogP contribution in [0.5, 0.6) is 5.75 Å². The highest BCUT2D eigenvalue weighted by Crippen LogP contribution is 2.29. The van der Waals surface area contributed by atoms with Crippen LogP contribution in [-0.2, 0) is 0 Å². The molecule has 162 valence electrons. The van der Waals surface area contributed by atoms with Crippen molar-refractivity contribution < 1.29 is 10.2 Å². The zero-order valence-electron chi connectivity index (χ0n) is 17.5. The molecule has 1 fully saturated rings. The Morgan fingerprint density at radius 2 is 1.68 bits per heavy atom. The topological polar surface area (TPSA) is 92.2 Å². The second-order valence-electron chi connectivity index (χ2n) is 7.78. The average molecular weight is 421 g/mol. The van der Waals surface area contributed by atoms with Gasteiger partial charge in [-0.05, 0) is 23.3 Å². The number of H-pyrrole nitrogens is 1. The van der Waals surface area contributed by atoms with Crippen LogP contribution in [0.25, 0.3) is 22.0 Å². The van der Waals surface area contributed by atoms with E-state index in [1.807, 2.05) is 48.5 Å². The number of aromatic hydroxyl groups is 1. The Balaban J connectivity index is 1.46. The van der Waals surface area contributed by atoms with Gasteiger partial charge >= 0.3 is 0 Å². The van der Waals surface area contributed by atoms with E-state index >= 15 is 0 Å². The van der Waals surface area contributed by atoms with Crippen LogP contribution in [0.2, 0.25) is 0 Å². The summed E-state index contributed by atoms with van der Waals surface area (Å²) >= 11 is 0. The number of piperazine rings is 1. The number of hydrogen-bond acceptors (Lipinski definition) is 6. The quantitative estimate of drug-likeness (QED) is 0.508. The van der Waals surface area contributed by atoms with E-state index < -0.39 is 0 Å². The number of hydrogen-bond donors (Lipinski definition) is 3. The summed E-state index contributed by atoms with van der Waals surface area (Å²) in [4.78, 5) is 24.3. The number of β-amino-alcohol motifs (C(OH)–C–C–N with tert-alkyl or cyclic N) is 1. The van der Waals surface area contributed by atoms with Gasteiger partial charge in [-0.1, -0.05) is 36.4 Å². The van der Waals surface area contributed by atoms with Crippen molar-refractivity contribution in [2.24, 2.45) is 4.99 Å². The van der Waals surface area contributed by atoms with E-state index in [1.54, 1.807) is 0 Å². The van der Waals surface area contributed by atoms with Crippen LogP contribution in [0, 0.1) is 0 Å². The molecule has 0 atom stereocenters. The summed E-state index contributed by atoms with van der Waals surface area (Å²) in [6.45, 7) is 6.05. The number of aliphatic hydroxyl groups excluding tert-OH is 1. The molecule has 3 aromatic rings. The van der Waals surface area contributed by atoms with Gasteiger partial charge in [0.15, 0.2) is 0 Å². The molecule has 1 aliphatic heterocycles. The summed E-state index contributed by atoms with van der Waals surface area (Å²) in [7, 11) is 0. The van der Waals surface area contributed by atoms with E-state index in [0.717, 1.165) is 50.4 Å². The predicted molar refractivity (Wildman–Crippen MR) is 124 cm³/mol. The van der Waals surface area contributed by atoms with Crippen LogP contribution in [-0.4, -0.2) is 83.6 Å². The molecule has 4 rings (SSSR count). The molecule has 2 aromatic carbocycles. The average Bonchev–Trinajstić information content (AvgIpc) is 2.80. The maximum absolute atomic E-state index is 12.5. The second kappa shape index (κ2) is 9.87. The number of aromatic nitrogens is 1. The third-order valence-corrected chi connectivity index (χ3v) is 5.78. The number of benzene rings is 2. The summed E-state index contributed by atoms with van der Waals surface area (Å²) < 4.78 is 0. The smallest absolute Gasteiger partial charge is 0.261 e. The first kappa shape index (κ1) is 21.2. The Kier molecular flexibility index (Phi) is 6.76. The van der Waals surface area contributed by atoms with Crippen molar-refractivity contribution in [2.45, 2.75) is 0 Å². The van der Waals surface area contributed by atoms with E-state index in [4.69, 9.17) is 5.11 Å². The number of aromatic amines is 1. The van der Waals surface area contributed by atoms with Gasteiger partial charge in [0, 0.05) is 50.9 Å². The van der Waals surface area contributed by atoms with Crippen molar-refractivity contribution in [2.75, 3.05) is 52.4 Å². The van der Waals surface area contributed by atoms with Crippen molar-refractivity contribution in [3.8, 4) is 16.9 Å². The molecule has 0 radical (unpaired) electrons. The minimum atomic E-state index is -0.348. The van der Waals surface area contributed by atoms with Crippen LogP contribution in [0.15, 0.2) is 58.3 Å². The number of nitrogens with zero attached hydrogens (tertiary/aromatic N) is 3. The monoisotopic (exact) mass is 420 g/mol. The lowest BCUT2D eigenvalue weighted by atomic mass is 10.0. The Bertz CT molecular complexity index is 1100. The molecule has 1 saturated heterocycles. The fraction of sp³-hybridized carbons (Fsp3) is 0.333. The van der Waals surface area contributed by atoms with Crippen molar-refractivity contribution in [3.05, 3.63) is 64.4 Å². The number of nitrogens with one attached hydrogen (secondary N) is 1. The van der Waals surface area contributed by atoms with Crippen LogP contribution >= 0.6 is 0 Å². The predicted octanol–water partition coefficient (Wildman–Crippen LogP) is 1.93. The highest BCUT2D eigenvalue weighted by atomic mass is 16.3. The number of aliphatic hydroxyl groups is 1. The molecule has 0 unspecified atom stereocenters. The summed E-state index contributed by atoms with van der Waals surface area (Å²) in [6, 6.07) is 15.6. The van der Waals surface area contributed by atoms with Crippen LogP contribution in [0.1, 0.15) is 5.56 Å². The third kappa shape index (κ3) is 5.02. The molecule has 7 nitrogen and oxygen atoms in total. The highest BCUT2D eigenvalue weighted by molar-refractivity contribution is 5.96. The van der Waals surface area contributed by atoms with Gasteiger partial charge in [0.2, 0.25) is 0 Å².